The minimum Gasteiger partial charge on any atom is -0.493 e. The predicted molar refractivity (Wildman–Crippen MR) is 103 cm³/mol. The van der Waals surface area contributed by atoms with Gasteiger partial charge in [-0.3, -0.25) is 4.57 Å². The van der Waals surface area contributed by atoms with Crippen molar-refractivity contribution in [2.75, 3.05) is 33.7 Å². The van der Waals surface area contributed by atoms with Gasteiger partial charge in [-0.05, 0) is 31.0 Å². The van der Waals surface area contributed by atoms with Crippen molar-refractivity contribution in [3.8, 4) is 22.9 Å². The molecule has 2 aromatic rings. The van der Waals surface area contributed by atoms with E-state index < -0.39 is 0 Å². The summed E-state index contributed by atoms with van der Waals surface area (Å²) in [5.41, 5.74) is 0.999. The molecule has 142 valence electrons. The van der Waals surface area contributed by atoms with Crippen LogP contribution in [0.3, 0.4) is 0 Å². The first-order chi connectivity index (χ1) is 12.8. The third-order valence-corrected chi connectivity index (χ3v) is 5.67. The molecule has 0 saturated heterocycles. The molecule has 0 radical (unpaired) electrons. The molecule has 0 bridgehead atoms. The first kappa shape index (κ1) is 19.0. The molecule has 1 aliphatic rings. The standard InChI is InChI=1S/C19H27N3O3S/c1-23-11-12-26-19-21-20-18(22(19)15-7-5-4-6-8-15)14-9-10-16(24-2)17(13-14)25-3/h9-10,13,15H,4-8,11-12H2,1-3H3. The van der Waals surface area contributed by atoms with Gasteiger partial charge in [-0.15, -0.1) is 10.2 Å². The lowest BCUT2D eigenvalue weighted by Crippen LogP contribution is -2.15. The van der Waals surface area contributed by atoms with Crippen molar-refractivity contribution in [2.24, 2.45) is 0 Å². The Morgan fingerprint density at radius 3 is 2.50 bits per heavy atom. The number of methoxy groups -OCH3 is 3. The Kier molecular flexibility index (Phi) is 6.80. The SMILES string of the molecule is COCCSc1nnc(-c2ccc(OC)c(OC)c2)n1C1CCCCC1. The summed E-state index contributed by atoms with van der Waals surface area (Å²) < 4.78 is 18.3. The van der Waals surface area contributed by atoms with Gasteiger partial charge in [0.15, 0.2) is 22.5 Å². The van der Waals surface area contributed by atoms with Crippen molar-refractivity contribution >= 4 is 11.8 Å². The summed E-state index contributed by atoms with van der Waals surface area (Å²) in [4.78, 5) is 0. The molecule has 0 unspecified atom stereocenters. The van der Waals surface area contributed by atoms with Crippen molar-refractivity contribution in [3.63, 3.8) is 0 Å². The second-order valence-corrected chi connectivity index (χ2v) is 7.44. The molecule has 1 saturated carbocycles. The highest BCUT2D eigenvalue weighted by Gasteiger charge is 2.24. The van der Waals surface area contributed by atoms with Crippen LogP contribution in [0.15, 0.2) is 23.4 Å². The van der Waals surface area contributed by atoms with Crippen molar-refractivity contribution in [3.05, 3.63) is 18.2 Å². The molecule has 0 N–H and O–H groups in total. The van der Waals surface area contributed by atoms with Crippen LogP contribution in [0.25, 0.3) is 11.4 Å². The number of thioether (sulfide) groups is 1. The van der Waals surface area contributed by atoms with Crippen molar-refractivity contribution in [1.29, 1.82) is 0 Å². The Balaban J connectivity index is 1.97. The average Bonchev–Trinajstić information content (AvgIpc) is 3.12. The van der Waals surface area contributed by atoms with Gasteiger partial charge >= 0.3 is 0 Å². The minimum atomic E-state index is 0.451. The molecule has 6 nitrogen and oxygen atoms in total. The van der Waals surface area contributed by atoms with Gasteiger partial charge in [-0.25, -0.2) is 0 Å². The van der Waals surface area contributed by atoms with E-state index in [9.17, 15) is 0 Å². The van der Waals surface area contributed by atoms with Gasteiger partial charge in [-0.2, -0.15) is 0 Å². The van der Waals surface area contributed by atoms with Crippen LogP contribution in [0.1, 0.15) is 38.1 Å². The number of nitrogens with zero attached hydrogens (tertiary/aromatic N) is 3. The highest BCUT2D eigenvalue weighted by molar-refractivity contribution is 7.99. The van der Waals surface area contributed by atoms with Gasteiger partial charge in [0, 0.05) is 24.5 Å². The Hall–Kier alpha value is -1.73. The van der Waals surface area contributed by atoms with Crippen LogP contribution in [0.4, 0.5) is 0 Å². The van der Waals surface area contributed by atoms with Gasteiger partial charge in [0.2, 0.25) is 0 Å². The quantitative estimate of drug-likeness (QED) is 0.507. The fraction of sp³-hybridized carbons (Fsp3) is 0.579. The molecule has 0 aliphatic heterocycles. The summed E-state index contributed by atoms with van der Waals surface area (Å²) in [5, 5.41) is 9.98. The Morgan fingerprint density at radius 1 is 1.04 bits per heavy atom. The Labute approximate surface area is 159 Å². The van der Waals surface area contributed by atoms with E-state index in [0.29, 0.717) is 18.4 Å². The molecule has 1 aromatic heterocycles. The van der Waals surface area contributed by atoms with Crippen molar-refractivity contribution < 1.29 is 14.2 Å². The first-order valence-corrected chi connectivity index (χ1v) is 10.1. The second kappa shape index (κ2) is 9.28. The Bertz CT molecular complexity index is 714. The van der Waals surface area contributed by atoms with Crippen molar-refractivity contribution in [1.82, 2.24) is 14.8 Å². The van der Waals surface area contributed by atoms with Crippen molar-refractivity contribution in [2.45, 2.75) is 43.3 Å². The van der Waals surface area contributed by atoms with Gasteiger partial charge in [0.25, 0.3) is 0 Å². The third kappa shape index (κ3) is 4.15. The molecule has 1 aromatic carbocycles. The highest BCUT2D eigenvalue weighted by Crippen LogP contribution is 2.37. The zero-order chi connectivity index (χ0) is 18.4. The maximum Gasteiger partial charge on any atom is 0.191 e. The minimum absolute atomic E-state index is 0.451. The number of hydrogen-bond donors (Lipinski definition) is 0. The molecule has 0 atom stereocenters. The fourth-order valence-electron chi connectivity index (χ4n) is 3.43. The van der Waals surface area contributed by atoms with Gasteiger partial charge in [0.1, 0.15) is 0 Å². The molecular weight excluding hydrogens is 350 g/mol. The van der Waals surface area contributed by atoms with Gasteiger partial charge in [-0.1, -0.05) is 31.0 Å². The van der Waals surface area contributed by atoms with E-state index in [-0.39, 0.29) is 0 Å². The average molecular weight is 378 g/mol. The zero-order valence-corrected chi connectivity index (χ0v) is 16.6. The molecule has 1 aliphatic carbocycles. The van der Waals surface area contributed by atoms with Gasteiger partial charge < -0.3 is 14.2 Å². The third-order valence-electron chi connectivity index (χ3n) is 4.76. The molecule has 7 heteroatoms. The topological polar surface area (TPSA) is 58.4 Å². The lowest BCUT2D eigenvalue weighted by molar-refractivity contribution is 0.218. The van der Waals surface area contributed by atoms with E-state index in [4.69, 9.17) is 14.2 Å². The number of aromatic nitrogens is 3. The van der Waals surface area contributed by atoms with E-state index in [1.54, 1.807) is 33.1 Å². The maximum atomic E-state index is 5.47. The van der Waals surface area contributed by atoms with E-state index in [0.717, 1.165) is 28.0 Å². The second-order valence-electron chi connectivity index (χ2n) is 6.38. The van der Waals surface area contributed by atoms with Crippen LogP contribution in [-0.2, 0) is 4.74 Å². The first-order valence-electron chi connectivity index (χ1n) is 9.07. The lowest BCUT2D eigenvalue weighted by Gasteiger charge is -2.25. The normalized spacial score (nSPS) is 15.2. The monoisotopic (exact) mass is 377 g/mol. The van der Waals surface area contributed by atoms with Crippen LogP contribution in [0.2, 0.25) is 0 Å². The highest BCUT2D eigenvalue weighted by atomic mass is 32.2. The summed E-state index contributed by atoms with van der Waals surface area (Å²) in [6.07, 6.45) is 6.19. The summed E-state index contributed by atoms with van der Waals surface area (Å²) in [6.45, 7) is 0.702. The molecule has 1 fully saturated rings. The zero-order valence-electron chi connectivity index (χ0n) is 15.7. The number of rotatable bonds is 8. The molecule has 26 heavy (non-hydrogen) atoms. The van der Waals surface area contributed by atoms with E-state index in [1.165, 1.54) is 32.1 Å². The fourth-order valence-corrected chi connectivity index (χ4v) is 4.34. The summed E-state index contributed by atoms with van der Waals surface area (Å²) in [6, 6.07) is 6.37. The van der Waals surface area contributed by atoms with E-state index in [2.05, 4.69) is 14.8 Å². The van der Waals surface area contributed by atoms with Crippen LogP contribution in [0, 0.1) is 0 Å². The molecule has 3 rings (SSSR count). The number of ether oxygens (including phenoxy) is 3. The largest absolute Gasteiger partial charge is 0.493 e. The predicted octanol–water partition coefficient (Wildman–Crippen LogP) is 4.21. The summed E-state index contributed by atoms with van der Waals surface area (Å²) in [5.74, 6) is 3.19. The smallest absolute Gasteiger partial charge is 0.191 e. The summed E-state index contributed by atoms with van der Waals surface area (Å²) in [7, 11) is 5.02. The van der Waals surface area contributed by atoms with E-state index >= 15 is 0 Å². The summed E-state index contributed by atoms with van der Waals surface area (Å²) >= 11 is 1.71. The number of benzene rings is 1. The number of hydrogen-bond acceptors (Lipinski definition) is 6. The van der Waals surface area contributed by atoms with Crippen LogP contribution < -0.4 is 9.47 Å². The van der Waals surface area contributed by atoms with Crippen LogP contribution in [-0.4, -0.2) is 48.5 Å². The van der Waals surface area contributed by atoms with Crippen LogP contribution >= 0.6 is 11.8 Å². The van der Waals surface area contributed by atoms with E-state index in [1.807, 2.05) is 18.2 Å². The molecule has 0 spiro atoms. The van der Waals surface area contributed by atoms with Crippen LogP contribution in [0.5, 0.6) is 11.5 Å². The molecule has 0 amide bonds. The van der Waals surface area contributed by atoms with Gasteiger partial charge in [0.05, 0.1) is 20.8 Å². The Morgan fingerprint density at radius 2 is 1.81 bits per heavy atom. The molecular formula is C19H27N3O3S. The molecule has 1 heterocycles. The maximum absolute atomic E-state index is 5.47. The lowest BCUT2D eigenvalue weighted by atomic mass is 9.95.